The van der Waals surface area contributed by atoms with E-state index in [1.807, 2.05) is 23.1 Å². The zero-order valence-electron chi connectivity index (χ0n) is 19.3. The van der Waals surface area contributed by atoms with Gasteiger partial charge in [-0.1, -0.05) is 74.0 Å². The van der Waals surface area contributed by atoms with E-state index in [0.29, 0.717) is 12.3 Å². The molecular formula is C26H36N4O. The summed E-state index contributed by atoms with van der Waals surface area (Å²) in [5.41, 5.74) is 3.85. The normalized spacial score (nSPS) is 17.2. The number of aliphatic imine (C=N–C) groups is 1. The van der Waals surface area contributed by atoms with E-state index in [0.717, 1.165) is 38.6 Å². The quantitative estimate of drug-likeness (QED) is 0.507. The van der Waals surface area contributed by atoms with Gasteiger partial charge in [-0.05, 0) is 24.5 Å². The number of carbonyl (C=O) groups excluding carboxylic acids is 1. The minimum Gasteiger partial charge on any atom is -0.356 e. The second-order valence-corrected chi connectivity index (χ2v) is 9.21. The summed E-state index contributed by atoms with van der Waals surface area (Å²) in [4.78, 5) is 18.8. The molecule has 2 aromatic rings. The number of amides is 1. The van der Waals surface area contributed by atoms with Gasteiger partial charge in [0.1, 0.15) is 0 Å². The first-order valence-electron chi connectivity index (χ1n) is 11.2. The maximum absolute atomic E-state index is 12.4. The van der Waals surface area contributed by atoms with Crippen molar-refractivity contribution in [2.24, 2.45) is 10.9 Å². The third-order valence-corrected chi connectivity index (χ3v) is 6.09. The van der Waals surface area contributed by atoms with Crippen molar-refractivity contribution in [3.63, 3.8) is 0 Å². The van der Waals surface area contributed by atoms with E-state index < -0.39 is 0 Å². The monoisotopic (exact) mass is 420 g/mol. The van der Waals surface area contributed by atoms with Gasteiger partial charge < -0.3 is 15.5 Å². The highest BCUT2D eigenvalue weighted by atomic mass is 16.2. The lowest BCUT2D eigenvalue weighted by molar-refractivity contribution is -0.127. The van der Waals surface area contributed by atoms with Crippen LogP contribution in [0.3, 0.4) is 0 Å². The number of carbonyl (C=O) groups is 1. The Morgan fingerprint density at radius 2 is 1.90 bits per heavy atom. The van der Waals surface area contributed by atoms with E-state index in [4.69, 9.17) is 0 Å². The minimum atomic E-state index is -0.0127. The Morgan fingerprint density at radius 1 is 1.13 bits per heavy atom. The topological polar surface area (TPSA) is 56.7 Å². The summed E-state index contributed by atoms with van der Waals surface area (Å²) in [5.74, 6) is 1.36. The van der Waals surface area contributed by atoms with E-state index >= 15 is 0 Å². The van der Waals surface area contributed by atoms with Gasteiger partial charge in [-0.3, -0.25) is 9.79 Å². The van der Waals surface area contributed by atoms with Gasteiger partial charge in [-0.2, -0.15) is 0 Å². The van der Waals surface area contributed by atoms with E-state index in [1.54, 1.807) is 7.05 Å². The number of hydrogen-bond acceptors (Lipinski definition) is 2. The number of likely N-dealkylation sites (tertiary alicyclic amines) is 1. The van der Waals surface area contributed by atoms with Gasteiger partial charge in [0, 0.05) is 51.0 Å². The first kappa shape index (κ1) is 22.9. The molecule has 1 atom stereocenters. The Balaban J connectivity index is 1.44. The molecule has 2 aromatic carbocycles. The van der Waals surface area contributed by atoms with Gasteiger partial charge in [0.2, 0.25) is 5.91 Å². The van der Waals surface area contributed by atoms with Crippen molar-refractivity contribution in [2.45, 2.75) is 39.0 Å². The fraction of sp³-hybridized carbons (Fsp3) is 0.462. The first-order chi connectivity index (χ1) is 14.9. The molecule has 1 unspecified atom stereocenters. The third-order valence-electron chi connectivity index (χ3n) is 6.09. The first-order valence-corrected chi connectivity index (χ1v) is 11.2. The summed E-state index contributed by atoms with van der Waals surface area (Å²) in [6.45, 7) is 9.73. The molecule has 0 bridgehead atoms. The molecule has 0 radical (unpaired) electrons. The van der Waals surface area contributed by atoms with Crippen molar-refractivity contribution in [3.05, 3.63) is 71.3 Å². The molecule has 0 aromatic heterocycles. The second-order valence-electron chi connectivity index (χ2n) is 9.21. The molecule has 0 spiro atoms. The summed E-state index contributed by atoms with van der Waals surface area (Å²) < 4.78 is 0. The molecule has 5 heteroatoms. The predicted octanol–water partition coefficient (Wildman–Crippen LogP) is 3.53. The molecule has 3 rings (SSSR count). The molecule has 2 N–H and O–H groups in total. The predicted molar refractivity (Wildman–Crippen MR) is 128 cm³/mol. The van der Waals surface area contributed by atoms with Crippen LogP contribution in [0.5, 0.6) is 0 Å². The Kier molecular flexibility index (Phi) is 7.72. The molecule has 1 saturated heterocycles. The van der Waals surface area contributed by atoms with E-state index in [-0.39, 0.29) is 11.3 Å². The van der Waals surface area contributed by atoms with Gasteiger partial charge in [0.05, 0.1) is 0 Å². The number of nitrogens with one attached hydrogen (secondary N) is 2. The molecule has 0 saturated carbocycles. The Bertz CT molecular complexity index is 891. The average Bonchev–Trinajstić information content (AvgIpc) is 3.12. The summed E-state index contributed by atoms with van der Waals surface area (Å²) in [6, 6.07) is 19.0. The highest BCUT2D eigenvalue weighted by molar-refractivity contribution is 5.81. The zero-order chi connectivity index (χ0) is 22.3. The van der Waals surface area contributed by atoms with Crippen molar-refractivity contribution in [3.8, 4) is 0 Å². The lowest BCUT2D eigenvalue weighted by atomic mass is 9.84. The Hall–Kier alpha value is -2.82. The zero-order valence-corrected chi connectivity index (χ0v) is 19.3. The molecular weight excluding hydrogens is 384 g/mol. The lowest BCUT2D eigenvalue weighted by Crippen LogP contribution is -2.45. The van der Waals surface area contributed by atoms with Crippen LogP contribution in [0, 0.1) is 12.8 Å². The van der Waals surface area contributed by atoms with Gasteiger partial charge in [-0.15, -0.1) is 0 Å². The van der Waals surface area contributed by atoms with Gasteiger partial charge in [0.25, 0.3) is 0 Å². The second kappa shape index (κ2) is 10.5. The van der Waals surface area contributed by atoms with E-state index in [2.05, 4.69) is 72.8 Å². The minimum absolute atomic E-state index is 0.0127. The van der Waals surface area contributed by atoms with Crippen LogP contribution in [0.2, 0.25) is 0 Å². The van der Waals surface area contributed by atoms with Crippen molar-refractivity contribution < 1.29 is 4.79 Å². The number of benzene rings is 2. The number of guanidine groups is 1. The molecule has 5 nitrogen and oxygen atoms in total. The van der Waals surface area contributed by atoms with E-state index in [9.17, 15) is 4.79 Å². The molecule has 1 heterocycles. The van der Waals surface area contributed by atoms with E-state index in [1.165, 1.54) is 16.7 Å². The van der Waals surface area contributed by atoms with Crippen molar-refractivity contribution in [1.29, 1.82) is 0 Å². The largest absolute Gasteiger partial charge is 0.356 e. The molecule has 1 fully saturated rings. The smallest absolute Gasteiger partial charge is 0.223 e. The number of rotatable bonds is 8. The van der Waals surface area contributed by atoms with Gasteiger partial charge in [0.15, 0.2) is 5.96 Å². The molecule has 166 valence electrons. The standard InChI is InChI=1S/C26H36N4O/c1-20-9-8-12-23(15-20)26(2,3)19-29-25(27-4)28-17-22-16-24(31)30(18-22)14-13-21-10-6-5-7-11-21/h5-12,15,22H,13-14,16-19H2,1-4H3,(H2,27,28,29). The van der Waals surface area contributed by atoms with Gasteiger partial charge in [-0.25, -0.2) is 0 Å². The van der Waals surface area contributed by atoms with Crippen LogP contribution in [-0.2, 0) is 16.6 Å². The Morgan fingerprint density at radius 3 is 2.61 bits per heavy atom. The van der Waals surface area contributed by atoms with Crippen LogP contribution in [0.15, 0.2) is 59.6 Å². The van der Waals surface area contributed by atoms with Crippen molar-refractivity contribution in [1.82, 2.24) is 15.5 Å². The fourth-order valence-corrected chi connectivity index (χ4v) is 4.05. The maximum atomic E-state index is 12.4. The summed E-state index contributed by atoms with van der Waals surface area (Å²) in [5, 5.41) is 6.88. The molecule has 1 aliphatic rings. The highest BCUT2D eigenvalue weighted by Gasteiger charge is 2.29. The summed E-state index contributed by atoms with van der Waals surface area (Å²) in [6.07, 6.45) is 1.51. The van der Waals surface area contributed by atoms with Crippen molar-refractivity contribution >= 4 is 11.9 Å². The van der Waals surface area contributed by atoms with Crippen molar-refractivity contribution in [2.75, 3.05) is 33.2 Å². The summed E-state index contributed by atoms with van der Waals surface area (Å²) in [7, 11) is 1.79. The summed E-state index contributed by atoms with van der Waals surface area (Å²) >= 11 is 0. The third kappa shape index (κ3) is 6.58. The number of aryl methyl sites for hydroxylation is 1. The molecule has 1 aliphatic heterocycles. The van der Waals surface area contributed by atoms with Crippen LogP contribution in [0.25, 0.3) is 0 Å². The SMILES string of the molecule is CN=C(NCC1CC(=O)N(CCc2ccccc2)C1)NCC(C)(C)c1cccc(C)c1. The van der Waals surface area contributed by atoms with Gasteiger partial charge >= 0.3 is 0 Å². The maximum Gasteiger partial charge on any atom is 0.223 e. The average molecular weight is 421 g/mol. The lowest BCUT2D eigenvalue weighted by Gasteiger charge is -2.27. The molecule has 1 amide bonds. The molecule has 31 heavy (non-hydrogen) atoms. The van der Waals surface area contributed by atoms with Crippen LogP contribution in [0.1, 0.15) is 37.0 Å². The molecule has 0 aliphatic carbocycles. The number of hydrogen-bond donors (Lipinski definition) is 2. The van der Waals surface area contributed by atoms with Crippen LogP contribution >= 0.6 is 0 Å². The van der Waals surface area contributed by atoms with Crippen LogP contribution in [0.4, 0.5) is 0 Å². The Labute approximate surface area is 187 Å². The fourth-order valence-electron chi connectivity index (χ4n) is 4.05. The van der Waals surface area contributed by atoms with Crippen LogP contribution < -0.4 is 10.6 Å². The highest BCUT2D eigenvalue weighted by Crippen LogP contribution is 2.23. The van der Waals surface area contributed by atoms with Crippen LogP contribution in [-0.4, -0.2) is 50.0 Å². The number of nitrogens with zero attached hydrogens (tertiary/aromatic N) is 2.